The fraction of sp³-hybridized carbons (Fsp3) is 0.625. The van der Waals surface area contributed by atoms with Gasteiger partial charge in [-0.05, 0) is 63.2 Å². The number of rotatable bonds is 6. The molecule has 118 valence electrons. The summed E-state index contributed by atoms with van der Waals surface area (Å²) < 4.78 is 27.3. The van der Waals surface area contributed by atoms with Crippen LogP contribution in [0.3, 0.4) is 0 Å². The molecule has 1 unspecified atom stereocenters. The number of aryl methyl sites for hydroxylation is 1. The van der Waals surface area contributed by atoms with Crippen molar-refractivity contribution in [1.29, 1.82) is 0 Å². The van der Waals surface area contributed by atoms with Crippen LogP contribution in [-0.2, 0) is 10.0 Å². The Labute approximate surface area is 128 Å². The van der Waals surface area contributed by atoms with Crippen LogP contribution in [0.25, 0.3) is 0 Å². The lowest BCUT2D eigenvalue weighted by Crippen LogP contribution is -2.32. The maximum atomic E-state index is 12.2. The highest BCUT2D eigenvalue weighted by molar-refractivity contribution is 7.89. The van der Waals surface area contributed by atoms with Gasteiger partial charge in [-0.1, -0.05) is 24.3 Å². The molecule has 21 heavy (non-hydrogen) atoms. The Kier molecular flexibility index (Phi) is 5.79. The zero-order valence-corrected chi connectivity index (χ0v) is 13.7. The Balaban J connectivity index is 1.89. The average molecular weight is 310 g/mol. The van der Waals surface area contributed by atoms with Crippen molar-refractivity contribution in [2.45, 2.75) is 39.2 Å². The molecule has 1 aromatic carbocycles. The van der Waals surface area contributed by atoms with Crippen molar-refractivity contribution >= 4 is 10.0 Å². The van der Waals surface area contributed by atoms with Gasteiger partial charge in [0.25, 0.3) is 0 Å². The quantitative estimate of drug-likeness (QED) is 0.848. The second-order valence-corrected chi connectivity index (χ2v) is 7.87. The molecule has 1 heterocycles. The summed E-state index contributed by atoms with van der Waals surface area (Å²) in [7, 11) is -3.22. The monoisotopic (exact) mass is 310 g/mol. The summed E-state index contributed by atoms with van der Waals surface area (Å²) >= 11 is 0. The van der Waals surface area contributed by atoms with Gasteiger partial charge in [0.2, 0.25) is 10.0 Å². The van der Waals surface area contributed by atoms with E-state index in [0.29, 0.717) is 5.92 Å². The molecular formula is C16H26N2O2S. The smallest absolute Gasteiger partial charge is 0.212 e. The number of sulfonamides is 1. The number of nitrogens with one attached hydrogen (secondary N) is 2. The van der Waals surface area contributed by atoms with E-state index in [1.165, 1.54) is 0 Å². The molecule has 0 amide bonds. The van der Waals surface area contributed by atoms with Gasteiger partial charge in [0.15, 0.2) is 0 Å². The molecule has 1 aliphatic rings. The molecule has 0 spiro atoms. The number of benzene rings is 1. The van der Waals surface area contributed by atoms with E-state index in [-0.39, 0.29) is 11.8 Å². The third-order valence-corrected chi connectivity index (χ3v) is 5.75. The van der Waals surface area contributed by atoms with E-state index in [1.54, 1.807) is 0 Å². The van der Waals surface area contributed by atoms with E-state index in [1.807, 2.05) is 38.1 Å². The highest BCUT2D eigenvalue weighted by atomic mass is 32.2. The first-order valence-electron chi connectivity index (χ1n) is 7.74. The summed E-state index contributed by atoms with van der Waals surface area (Å²) in [5.41, 5.74) is 2.16. The molecule has 1 aromatic rings. The molecular weight excluding hydrogens is 284 g/mol. The molecule has 2 rings (SSSR count). The molecule has 1 fully saturated rings. The van der Waals surface area contributed by atoms with Crippen LogP contribution in [0, 0.1) is 12.8 Å². The summed E-state index contributed by atoms with van der Waals surface area (Å²) in [6.07, 6.45) is 2.93. The fourth-order valence-corrected chi connectivity index (χ4v) is 4.38. The normalized spacial score (nSPS) is 18.6. The standard InChI is InChI=1S/C16H26N2O2S/c1-13-5-3-4-6-16(13)14(2)18-21(19,20)12-9-15-7-10-17-11-8-15/h3-6,14-15,17-18H,7-12H2,1-2H3. The number of hydrogen-bond acceptors (Lipinski definition) is 3. The largest absolute Gasteiger partial charge is 0.317 e. The molecule has 1 saturated heterocycles. The summed E-state index contributed by atoms with van der Waals surface area (Å²) in [6, 6.07) is 7.73. The lowest BCUT2D eigenvalue weighted by Gasteiger charge is -2.23. The minimum absolute atomic E-state index is 0.177. The SMILES string of the molecule is Cc1ccccc1C(C)NS(=O)(=O)CCC1CCNCC1. The Hall–Kier alpha value is -0.910. The fourth-order valence-electron chi connectivity index (χ4n) is 2.96. The first kappa shape index (κ1) is 16.5. The van der Waals surface area contributed by atoms with Gasteiger partial charge in [-0.2, -0.15) is 0 Å². The van der Waals surface area contributed by atoms with Gasteiger partial charge in [-0.3, -0.25) is 0 Å². The van der Waals surface area contributed by atoms with E-state index in [0.717, 1.165) is 43.5 Å². The Morgan fingerprint density at radius 1 is 1.29 bits per heavy atom. The summed E-state index contributed by atoms with van der Waals surface area (Å²) in [5.74, 6) is 0.769. The van der Waals surface area contributed by atoms with Gasteiger partial charge in [0.1, 0.15) is 0 Å². The maximum Gasteiger partial charge on any atom is 0.212 e. The van der Waals surface area contributed by atoms with Crippen LogP contribution in [0.4, 0.5) is 0 Å². The van der Waals surface area contributed by atoms with Crippen LogP contribution in [-0.4, -0.2) is 27.3 Å². The molecule has 0 aromatic heterocycles. The molecule has 1 atom stereocenters. The van der Waals surface area contributed by atoms with Crippen molar-refractivity contribution < 1.29 is 8.42 Å². The predicted octanol–water partition coefficient (Wildman–Crippen LogP) is 2.37. The van der Waals surface area contributed by atoms with Crippen LogP contribution in [0.1, 0.15) is 43.4 Å². The average Bonchev–Trinajstić information content (AvgIpc) is 2.46. The third-order valence-electron chi connectivity index (χ3n) is 4.26. The molecule has 4 nitrogen and oxygen atoms in total. The second kappa shape index (κ2) is 7.38. The van der Waals surface area contributed by atoms with Gasteiger partial charge in [0, 0.05) is 6.04 Å². The molecule has 5 heteroatoms. The Morgan fingerprint density at radius 3 is 2.62 bits per heavy atom. The topological polar surface area (TPSA) is 58.2 Å². The van der Waals surface area contributed by atoms with Gasteiger partial charge in [-0.25, -0.2) is 13.1 Å². The second-order valence-electron chi connectivity index (χ2n) is 6.00. The molecule has 0 aliphatic carbocycles. The minimum Gasteiger partial charge on any atom is -0.317 e. The van der Waals surface area contributed by atoms with Gasteiger partial charge in [-0.15, -0.1) is 0 Å². The number of hydrogen-bond donors (Lipinski definition) is 2. The van der Waals surface area contributed by atoms with E-state index < -0.39 is 10.0 Å². The van der Waals surface area contributed by atoms with Crippen molar-refractivity contribution in [2.75, 3.05) is 18.8 Å². The maximum absolute atomic E-state index is 12.2. The lowest BCUT2D eigenvalue weighted by atomic mass is 9.96. The van der Waals surface area contributed by atoms with E-state index in [2.05, 4.69) is 10.0 Å². The van der Waals surface area contributed by atoms with E-state index in [4.69, 9.17) is 0 Å². The molecule has 0 saturated carbocycles. The summed E-state index contributed by atoms with van der Waals surface area (Å²) in [6.45, 7) is 5.94. The Morgan fingerprint density at radius 2 is 1.95 bits per heavy atom. The lowest BCUT2D eigenvalue weighted by molar-refractivity contribution is 0.365. The van der Waals surface area contributed by atoms with Gasteiger partial charge < -0.3 is 5.32 Å². The van der Waals surface area contributed by atoms with Crippen LogP contribution < -0.4 is 10.0 Å². The molecule has 0 radical (unpaired) electrons. The van der Waals surface area contributed by atoms with Crippen molar-refractivity contribution in [2.24, 2.45) is 5.92 Å². The Bertz CT molecular complexity index is 551. The third kappa shape index (κ3) is 5.09. The molecule has 2 N–H and O–H groups in total. The first-order chi connectivity index (χ1) is 9.98. The van der Waals surface area contributed by atoms with Crippen molar-refractivity contribution in [3.05, 3.63) is 35.4 Å². The number of piperidine rings is 1. The first-order valence-corrected chi connectivity index (χ1v) is 9.39. The van der Waals surface area contributed by atoms with Crippen LogP contribution in [0.2, 0.25) is 0 Å². The van der Waals surface area contributed by atoms with Crippen molar-refractivity contribution in [1.82, 2.24) is 10.0 Å². The molecule has 0 bridgehead atoms. The summed E-state index contributed by atoms with van der Waals surface area (Å²) in [4.78, 5) is 0. The zero-order valence-electron chi connectivity index (χ0n) is 12.9. The van der Waals surface area contributed by atoms with Crippen LogP contribution >= 0.6 is 0 Å². The van der Waals surface area contributed by atoms with Gasteiger partial charge in [0.05, 0.1) is 5.75 Å². The highest BCUT2D eigenvalue weighted by Crippen LogP contribution is 2.20. The van der Waals surface area contributed by atoms with E-state index >= 15 is 0 Å². The summed E-state index contributed by atoms with van der Waals surface area (Å²) in [5, 5.41) is 3.31. The predicted molar refractivity (Wildman–Crippen MR) is 86.7 cm³/mol. The highest BCUT2D eigenvalue weighted by Gasteiger charge is 2.20. The minimum atomic E-state index is -3.22. The molecule has 1 aliphatic heterocycles. The zero-order chi connectivity index (χ0) is 15.3. The van der Waals surface area contributed by atoms with E-state index in [9.17, 15) is 8.42 Å². The van der Waals surface area contributed by atoms with Crippen molar-refractivity contribution in [3.8, 4) is 0 Å². The van der Waals surface area contributed by atoms with Crippen molar-refractivity contribution in [3.63, 3.8) is 0 Å². The van der Waals surface area contributed by atoms with Crippen LogP contribution in [0.15, 0.2) is 24.3 Å². The van der Waals surface area contributed by atoms with Gasteiger partial charge >= 0.3 is 0 Å². The van der Waals surface area contributed by atoms with Crippen LogP contribution in [0.5, 0.6) is 0 Å².